The molecule has 0 aliphatic heterocycles. The standard InChI is InChI=1S/C12H7F3O/c13-10-5-8(6-11(14)12(10)15)7-1-3-9(16)4-2-7/h1-6,16H. The van der Waals surface area contributed by atoms with Gasteiger partial charge in [-0.1, -0.05) is 12.1 Å². The molecule has 0 bridgehead atoms. The SMILES string of the molecule is Oc1ccc(-c2cc(F)c(F)c(F)c2)cc1. The lowest BCUT2D eigenvalue weighted by Gasteiger charge is -2.03. The van der Waals surface area contributed by atoms with E-state index in [9.17, 15) is 13.2 Å². The summed E-state index contributed by atoms with van der Waals surface area (Å²) in [7, 11) is 0. The first kappa shape index (κ1) is 10.5. The number of aromatic hydroxyl groups is 1. The Hall–Kier alpha value is -1.97. The molecule has 0 aliphatic rings. The van der Waals surface area contributed by atoms with Crippen LogP contribution in [0, 0.1) is 17.5 Å². The Balaban J connectivity index is 2.52. The first-order chi connectivity index (χ1) is 7.58. The van der Waals surface area contributed by atoms with E-state index in [1.807, 2.05) is 0 Å². The van der Waals surface area contributed by atoms with Gasteiger partial charge in [-0.3, -0.25) is 0 Å². The summed E-state index contributed by atoms with van der Waals surface area (Å²) >= 11 is 0. The van der Waals surface area contributed by atoms with Crippen molar-refractivity contribution in [3.63, 3.8) is 0 Å². The van der Waals surface area contributed by atoms with Crippen molar-refractivity contribution in [1.29, 1.82) is 0 Å². The topological polar surface area (TPSA) is 20.2 Å². The first-order valence-corrected chi connectivity index (χ1v) is 4.52. The van der Waals surface area contributed by atoms with E-state index in [2.05, 4.69) is 0 Å². The van der Waals surface area contributed by atoms with Crippen molar-refractivity contribution in [3.05, 3.63) is 53.8 Å². The summed E-state index contributed by atoms with van der Waals surface area (Å²) in [5, 5.41) is 9.05. The van der Waals surface area contributed by atoms with Gasteiger partial charge < -0.3 is 5.11 Å². The highest BCUT2D eigenvalue weighted by Gasteiger charge is 2.11. The minimum Gasteiger partial charge on any atom is -0.508 e. The Bertz CT molecular complexity index is 497. The van der Waals surface area contributed by atoms with Crippen molar-refractivity contribution in [2.75, 3.05) is 0 Å². The van der Waals surface area contributed by atoms with E-state index >= 15 is 0 Å². The Morgan fingerprint density at radius 2 is 1.25 bits per heavy atom. The molecule has 4 heteroatoms. The van der Waals surface area contributed by atoms with Crippen molar-refractivity contribution in [3.8, 4) is 16.9 Å². The fraction of sp³-hybridized carbons (Fsp3) is 0. The van der Waals surface area contributed by atoms with E-state index in [1.165, 1.54) is 24.3 Å². The van der Waals surface area contributed by atoms with E-state index in [0.717, 1.165) is 12.1 Å². The number of halogens is 3. The summed E-state index contributed by atoms with van der Waals surface area (Å²) in [5.74, 6) is -3.90. The third-order valence-electron chi connectivity index (χ3n) is 2.18. The van der Waals surface area contributed by atoms with Gasteiger partial charge in [0.1, 0.15) is 5.75 Å². The van der Waals surface area contributed by atoms with Crippen molar-refractivity contribution in [2.45, 2.75) is 0 Å². The fourth-order valence-electron chi connectivity index (χ4n) is 1.38. The second kappa shape index (κ2) is 3.89. The van der Waals surface area contributed by atoms with Crippen LogP contribution in [0.15, 0.2) is 36.4 Å². The molecule has 0 radical (unpaired) electrons. The lowest BCUT2D eigenvalue weighted by molar-refractivity contribution is 0.447. The van der Waals surface area contributed by atoms with Gasteiger partial charge in [0.2, 0.25) is 0 Å². The van der Waals surface area contributed by atoms with Gasteiger partial charge in [0, 0.05) is 0 Å². The summed E-state index contributed by atoms with van der Waals surface area (Å²) in [6, 6.07) is 7.56. The number of phenols is 1. The number of benzene rings is 2. The third kappa shape index (κ3) is 1.86. The maximum atomic E-state index is 12.9. The predicted octanol–water partition coefficient (Wildman–Crippen LogP) is 3.48. The second-order valence-corrected chi connectivity index (χ2v) is 3.30. The van der Waals surface area contributed by atoms with Gasteiger partial charge in [0.15, 0.2) is 17.5 Å². The largest absolute Gasteiger partial charge is 0.508 e. The fourth-order valence-corrected chi connectivity index (χ4v) is 1.38. The van der Waals surface area contributed by atoms with Crippen LogP contribution in [0.5, 0.6) is 5.75 Å². The molecule has 2 aromatic carbocycles. The molecule has 82 valence electrons. The Labute approximate surface area is 89.8 Å². The predicted molar refractivity (Wildman–Crippen MR) is 53.4 cm³/mol. The first-order valence-electron chi connectivity index (χ1n) is 4.52. The molecule has 16 heavy (non-hydrogen) atoms. The Morgan fingerprint density at radius 1 is 0.750 bits per heavy atom. The Kier molecular flexibility index (Phi) is 2.56. The van der Waals surface area contributed by atoms with Gasteiger partial charge in [-0.05, 0) is 35.4 Å². The number of rotatable bonds is 1. The maximum absolute atomic E-state index is 12.9. The summed E-state index contributed by atoms with van der Waals surface area (Å²) in [4.78, 5) is 0. The monoisotopic (exact) mass is 224 g/mol. The van der Waals surface area contributed by atoms with Gasteiger partial charge in [-0.2, -0.15) is 0 Å². The lowest BCUT2D eigenvalue weighted by atomic mass is 10.1. The van der Waals surface area contributed by atoms with Gasteiger partial charge in [0.05, 0.1) is 0 Å². The average molecular weight is 224 g/mol. The van der Waals surface area contributed by atoms with Crippen molar-refractivity contribution in [1.82, 2.24) is 0 Å². The lowest BCUT2D eigenvalue weighted by Crippen LogP contribution is -1.91. The smallest absolute Gasteiger partial charge is 0.194 e. The number of hydrogen-bond acceptors (Lipinski definition) is 1. The van der Waals surface area contributed by atoms with Gasteiger partial charge in [0.25, 0.3) is 0 Å². The van der Waals surface area contributed by atoms with Crippen LogP contribution in [-0.2, 0) is 0 Å². The molecule has 0 saturated heterocycles. The molecular formula is C12H7F3O. The molecule has 1 N–H and O–H groups in total. The molecule has 0 aliphatic carbocycles. The quantitative estimate of drug-likeness (QED) is 0.735. The molecule has 0 atom stereocenters. The Morgan fingerprint density at radius 3 is 1.75 bits per heavy atom. The van der Waals surface area contributed by atoms with E-state index < -0.39 is 17.5 Å². The molecule has 2 rings (SSSR count). The molecule has 0 saturated carbocycles. The zero-order valence-electron chi connectivity index (χ0n) is 8.05. The number of phenolic OH excluding ortho intramolecular Hbond substituents is 1. The van der Waals surface area contributed by atoms with Crippen LogP contribution in [-0.4, -0.2) is 5.11 Å². The second-order valence-electron chi connectivity index (χ2n) is 3.30. The minimum atomic E-state index is -1.48. The normalized spacial score (nSPS) is 10.4. The summed E-state index contributed by atoms with van der Waals surface area (Å²) < 4.78 is 38.6. The number of hydrogen-bond donors (Lipinski definition) is 1. The highest BCUT2D eigenvalue weighted by atomic mass is 19.2. The van der Waals surface area contributed by atoms with E-state index in [-0.39, 0.29) is 11.3 Å². The van der Waals surface area contributed by atoms with Crippen LogP contribution < -0.4 is 0 Å². The summed E-state index contributed by atoms with van der Waals surface area (Å²) in [5.41, 5.74) is 0.715. The molecule has 0 fully saturated rings. The van der Waals surface area contributed by atoms with E-state index in [4.69, 9.17) is 5.11 Å². The van der Waals surface area contributed by atoms with E-state index in [1.54, 1.807) is 0 Å². The molecule has 0 aromatic heterocycles. The molecule has 0 amide bonds. The zero-order chi connectivity index (χ0) is 11.7. The van der Waals surface area contributed by atoms with Crippen molar-refractivity contribution < 1.29 is 18.3 Å². The molecule has 0 spiro atoms. The zero-order valence-corrected chi connectivity index (χ0v) is 8.05. The van der Waals surface area contributed by atoms with Gasteiger partial charge in [-0.25, -0.2) is 13.2 Å². The van der Waals surface area contributed by atoms with E-state index in [0.29, 0.717) is 5.56 Å². The highest BCUT2D eigenvalue weighted by Crippen LogP contribution is 2.25. The maximum Gasteiger partial charge on any atom is 0.194 e. The van der Waals surface area contributed by atoms with Crippen LogP contribution in [0.25, 0.3) is 11.1 Å². The van der Waals surface area contributed by atoms with Crippen LogP contribution >= 0.6 is 0 Å². The van der Waals surface area contributed by atoms with Crippen LogP contribution in [0.3, 0.4) is 0 Å². The van der Waals surface area contributed by atoms with Crippen molar-refractivity contribution >= 4 is 0 Å². The summed E-state index contributed by atoms with van der Waals surface area (Å²) in [6.07, 6.45) is 0. The van der Waals surface area contributed by atoms with Gasteiger partial charge in [-0.15, -0.1) is 0 Å². The average Bonchev–Trinajstić information content (AvgIpc) is 2.26. The summed E-state index contributed by atoms with van der Waals surface area (Å²) in [6.45, 7) is 0. The molecule has 0 heterocycles. The third-order valence-corrected chi connectivity index (χ3v) is 2.18. The van der Waals surface area contributed by atoms with Crippen LogP contribution in [0.4, 0.5) is 13.2 Å². The van der Waals surface area contributed by atoms with Crippen molar-refractivity contribution in [2.24, 2.45) is 0 Å². The molecule has 1 nitrogen and oxygen atoms in total. The van der Waals surface area contributed by atoms with Gasteiger partial charge >= 0.3 is 0 Å². The minimum absolute atomic E-state index is 0.0480. The molecular weight excluding hydrogens is 217 g/mol. The van der Waals surface area contributed by atoms with Crippen LogP contribution in [0.2, 0.25) is 0 Å². The molecule has 0 unspecified atom stereocenters. The molecule has 2 aromatic rings. The highest BCUT2D eigenvalue weighted by molar-refractivity contribution is 5.64. The van der Waals surface area contributed by atoms with Crippen LogP contribution in [0.1, 0.15) is 0 Å².